The number of fused-ring (bicyclic) bond motifs is 2. The van der Waals surface area contributed by atoms with Crippen molar-refractivity contribution in [3.8, 4) is 27.9 Å². The molecule has 1 aromatic heterocycles. The summed E-state index contributed by atoms with van der Waals surface area (Å²) >= 11 is 6.14. The van der Waals surface area contributed by atoms with Crippen LogP contribution in [0.2, 0.25) is 5.02 Å². The van der Waals surface area contributed by atoms with Crippen LogP contribution < -0.4 is 5.43 Å². The van der Waals surface area contributed by atoms with Crippen molar-refractivity contribution in [3.05, 3.63) is 137 Å². The van der Waals surface area contributed by atoms with E-state index in [0.29, 0.717) is 15.8 Å². The van der Waals surface area contributed by atoms with Crippen LogP contribution >= 0.6 is 11.6 Å². The zero-order chi connectivity index (χ0) is 23.1. The molecule has 34 heavy (non-hydrogen) atoms. The summed E-state index contributed by atoms with van der Waals surface area (Å²) in [4.78, 5) is 13.9. The van der Waals surface area contributed by atoms with E-state index in [1.165, 1.54) is 0 Å². The largest absolute Gasteiger partial charge is 0.309 e. The van der Waals surface area contributed by atoms with Gasteiger partial charge in [-0.05, 0) is 64.7 Å². The molecular weight excluding hydrogens is 438 g/mol. The second-order valence-electron chi connectivity index (χ2n) is 8.27. The zero-order valence-electron chi connectivity index (χ0n) is 18.3. The molecular formula is C31H20ClNO. The third kappa shape index (κ3) is 3.32. The highest BCUT2D eigenvalue weighted by molar-refractivity contribution is 6.30. The topological polar surface area (TPSA) is 22.0 Å². The molecule has 0 unspecified atom stereocenters. The van der Waals surface area contributed by atoms with E-state index in [-0.39, 0.29) is 5.43 Å². The number of rotatable bonds is 3. The average Bonchev–Trinajstić information content (AvgIpc) is 2.90. The average molecular weight is 458 g/mol. The van der Waals surface area contributed by atoms with Gasteiger partial charge in [-0.3, -0.25) is 4.79 Å². The molecule has 0 aliphatic rings. The monoisotopic (exact) mass is 457 g/mol. The van der Waals surface area contributed by atoms with Gasteiger partial charge in [-0.2, -0.15) is 0 Å². The van der Waals surface area contributed by atoms with Crippen molar-refractivity contribution < 1.29 is 0 Å². The lowest BCUT2D eigenvalue weighted by atomic mass is 9.91. The van der Waals surface area contributed by atoms with Gasteiger partial charge in [-0.25, -0.2) is 0 Å². The molecule has 0 saturated heterocycles. The van der Waals surface area contributed by atoms with Gasteiger partial charge in [0.1, 0.15) is 0 Å². The van der Waals surface area contributed by atoms with Gasteiger partial charge in [0, 0.05) is 16.1 Å². The van der Waals surface area contributed by atoms with Crippen LogP contribution in [-0.4, -0.2) is 4.57 Å². The normalized spacial score (nSPS) is 11.2. The lowest BCUT2D eigenvalue weighted by Crippen LogP contribution is -2.11. The summed E-state index contributed by atoms with van der Waals surface area (Å²) < 4.78 is 2.18. The number of para-hydroxylation sites is 2. The molecule has 2 nitrogen and oxygen atoms in total. The van der Waals surface area contributed by atoms with Crippen molar-refractivity contribution in [2.24, 2.45) is 0 Å². The van der Waals surface area contributed by atoms with Crippen LogP contribution in [0.5, 0.6) is 0 Å². The van der Waals surface area contributed by atoms with Crippen molar-refractivity contribution >= 4 is 33.4 Å². The molecule has 6 aromatic rings. The van der Waals surface area contributed by atoms with E-state index in [1.807, 2.05) is 97.1 Å². The van der Waals surface area contributed by atoms with Crippen LogP contribution in [0.4, 0.5) is 0 Å². The number of hydrogen-bond donors (Lipinski definition) is 0. The first kappa shape index (κ1) is 20.5. The Kier molecular flexibility index (Phi) is 5.01. The lowest BCUT2D eigenvalue weighted by molar-refractivity contribution is 1.16. The van der Waals surface area contributed by atoms with Gasteiger partial charge in [-0.15, -0.1) is 0 Å². The predicted octanol–water partition coefficient (Wildman–Crippen LogP) is 8.13. The molecule has 0 N–H and O–H groups in total. The highest BCUT2D eigenvalue weighted by Gasteiger charge is 2.17. The minimum atomic E-state index is 0.0410. The fraction of sp³-hybridized carbons (Fsp3) is 0. The summed E-state index contributed by atoms with van der Waals surface area (Å²) in [6, 6.07) is 40.2. The van der Waals surface area contributed by atoms with Crippen LogP contribution in [-0.2, 0) is 0 Å². The van der Waals surface area contributed by atoms with E-state index < -0.39 is 0 Å². The Morgan fingerprint density at radius 1 is 0.529 bits per heavy atom. The molecule has 162 valence electrons. The van der Waals surface area contributed by atoms with Crippen molar-refractivity contribution in [2.45, 2.75) is 0 Å². The summed E-state index contributed by atoms with van der Waals surface area (Å²) in [5, 5.41) is 2.12. The molecule has 0 spiro atoms. The van der Waals surface area contributed by atoms with E-state index in [0.717, 1.165) is 39.0 Å². The fourth-order valence-corrected chi connectivity index (χ4v) is 4.90. The summed E-state index contributed by atoms with van der Waals surface area (Å²) in [7, 11) is 0. The van der Waals surface area contributed by atoms with E-state index >= 15 is 0 Å². The molecule has 0 fully saturated rings. The first-order valence-electron chi connectivity index (χ1n) is 11.2. The van der Waals surface area contributed by atoms with Gasteiger partial charge in [0.05, 0.1) is 16.4 Å². The third-order valence-corrected chi connectivity index (χ3v) is 6.54. The van der Waals surface area contributed by atoms with E-state index in [2.05, 4.69) is 28.8 Å². The van der Waals surface area contributed by atoms with E-state index in [9.17, 15) is 4.79 Å². The Morgan fingerprint density at radius 3 is 1.94 bits per heavy atom. The Balaban J connectivity index is 1.74. The molecule has 3 heteroatoms. The first-order chi connectivity index (χ1) is 16.7. The van der Waals surface area contributed by atoms with Gasteiger partial charge in [0.2, 0.25) is 0 Å². The summed E-state index contributed by atoms with van der Waals surface area (Å²) in [5.74, 6) is 0. The van der Waals surface area contributed by atoms with Crippen molar-refractivity contribution in [3.63, 3.8) is 0 Å². The van der Waals surface area contributed by atoms with Crippen LogP contribution in [0, 0.1) is 0 Å². The molecule has 1 heterocycles. The van der Waals surface area contributed by atoms with Gasteiger partial charge in [0.15, 0.2) is 5.43 Å². The molecule has 0 aliphatic heterocycles. The van der Waals surface area contributed by atoms with Crippen LogP contribution in [0.25, 0.3) is 49.7 Å². The number of hydrogen-bond acceptors (Lipinski definition) is 1. The summed E-state index contributed by atoms with van der Waals surface area (Å²) in [5.41, 5.74) is 6.90. The number of pyridine rings is 1. The van der Waals surface area contributed by atoms with Crippen molar-refractivity contribution in [2.75, 3.05) is 0 Å². The Morgan fingerprint density at radius 2 is 1.15 bits per heavy atom. The number of nitrogens with zero attached hydrogens (tertiary/aromatic N) is 1. The van der Waals surface area contributed by atoms with Gasteiger partial charge >= 0.3 is 0 Å². The van der Waals surface area contributed by atoms with Crippen LogP contribution in [0.15, 0.2) is 126 Å². The summed E-state index contributed by atoms with van der Waals surface area (Å²) in [6.07, 6.45) is 0. The van der Waals surface area contributed by atoms with Gasteiger partial charge in [0.25, 0.3) is 0 Å². The maximum Gasteiger partial charge on any atom is 0.197 e. The third-order valence-electron chi connectivity index (χ3n) is 6.29. The Labute approximate surface area is 202 Å². The minimum Gasteiger partial charge on any atom is -0.309 e. The van der Waals surface area contributed by atoms with Crippen LogP contribution in [0.1, 0.15) is 0 Å². The second kappa shape index (κ2) is 8.33. The number of benzene rings is 5. The molecule has 0 aliphatic carbocycles. The quantitative estimate of drug-likeness (QED) is 0.246. The first-order valence-corrected chi connectivity index (χ1v) is 11.6. The molecule has 0 radical (unpaired) electrons. The van der Waals surface area contributed by atoms with Crippen LogP contribution in [0.3, 0.4) is 0 Å². The molecule has 0 bridgehead atoms. The summed E-state index contributed by atoms with van der Waals surface area (Å²) in [6.45, 7) is 0. The van der Waals surface area contributed by atoms with Crippen molar-refractivity contribution in [1.29, 1.82) is 0 Å². The molecule has 0 amide bonds. The van der Waals surface area contributed by atoms with E-state index in [1.54, 1.807) is 0 Å². The maximum absolute atomic E-state index is 13.9. The fourth-order valence-electron chi connectivity index (χ4n) is 4.77. The smallest absolute Gasteiger partial charge is 0.197 e. The number of halogens is 1. The SMILES string of the molecule is O=c1c2ccccc2n(-c2ccccc2)c2cccc(-c3ccccc3-c3ccc(Cl)cc3)c12. The number of aromatic nitrogens is 1. The Hall–Kier alpha value is -4.14. The standard InChI is InChI=1S/C31H20ClNO/c32-22-19-17-21(18-20-22)24-11-4-5-12-25(24)26-14-8-16-29-30(26)31(34)27-13-6-7-15-28(27)33(29)23-9-2-1-3-10-23/h1-20H. The maximum atomic E-state index is 13.9. The lowest BCUT2D eigenvalue weighted by Gasteiger charge is -2.18. The predicted molar refractivity (Wildman–Crippen MR) is 143 cm³/mol. The molecule has 0 atom stereocenters. The minimum absolute atomic E-state index is 0.0410. The highest BCUT2D eigenvalue weighted by Crippen LogP contribution is 2.37. The van der Waals surface area contributed by atoms with E-state index in [4.69, 9.17) is 11.6 Å². The highest BCUT2D eigenvalue weighted by atomic mass is 35.5. The molecule has 6 rings (SSSR count). The second-order valence-corrected chi connectivity index (χ2v) is 8.71. The van der Waals surface area contributed by atoms with Gasteiger partial charge in [-0.1, -0.05) is 90.5 Å². The van der Waals surface area contributed by atoms with Crippen molar-refractivity contribution in [1.82, 2.24) is 4.57 Å². The van der Waals surface area contributed by atoms with Gasteiger partial charge < -0.3 is 4.57 Å². The molecule has 0 saturated carbocycles. The Bertz CT molecular complexity index is 1720. The zero-order valence-corrected chi connectivity index (χ0v) is 19.0. The molecule has 5 aromatic carbocycles.